The third-order valence-electron chi connectivity index (χ3n) is 2.87. The average molecular weight is 338 g/mol. The molecule has 0 saturated carbocycles. The molecule has 0 aliphatic rings. The summed E-state index contributed by atoms with van der Waals surface area (Å²) in [5.41, 5.74) is -1.10. The predicted molar refractivity (Wildman–Crippen MR) is 83.7 cm³/mol. The molecule has 0 aromatic heterocycles. The van der Waals surface area contributed by atoms with Gasteiger partial charge in [-0.1, -0.05) is 6.58 Å². The van der Waals surface area contributed by atoms with Crippen molar-refractivity contribution in [1.82, 2.24) is 0 Å². The van der Waals surface area contributed by atoms with Crippen LogP contribution in [0.5, 0.6) is 0 Å². The number of rotatable bonds is 12. The Bertz CT molecular complexity index is 289. The van der Waals surface area contributed by atoms with Crippen LogP contribution in [0.2, 0.25) is 0 Å². The van der Waals surface area contributed by atoms with Crippen molar-refractivity contribution in [3.8, 4) is 0 Å². The molecule has 0 aliphatic heterocycles. The zero-order chi connectivity index (χ0) is 18.4. The Balaban J connectivity index is 0. The van der Waals surface area contributed by atoms with Crippen LogP contribution >= 0.6 is 0 Å². The normalized spacial score (nSPS) is 11.6. The zero-order valence-corrected chi connectivity index (χ0v) is 14.2. The molecule has 0 aromatic rings. The number of hydrogen-bond acceptors (Lipinski definition) is 7. The largest absolute Gasteiger partial charge is 0.478 e. The molecule has 138 valence electrons. The van der Waals surface area contributed by atoms with E-state index in [1.165, 1.54) is 0 Å². The first kappa shape index (κ1) is 24.2. The van der Waals surface area contributed by atoms with E-state index in [0.29, 0.717) is 19.8 Å². The number of aliphatic carboxylic acids is 1. The van der Waals surface area contributed by atoms with Crippen LogP contribution in [-0.4, -0.2) is 72.0 Å². The monoisotopic (exact) mass is 338 g/mol. The van der Waals surface area contributed by atoms with Crippen molar-refractivity contribution in [1.29, 1.82) is 0 Å². The minimum absolute atomic E-state index is 0.0546. The van der Waals surface area contributed by atoms with Crippen molar-refractivity contribution in [2.75, 3.05) is 39.6 Å². The lowest BCUT2D eigenvalue weighted by atomic mass is 9.86. The lowest BCUT2D eigenvalue weighted by Crippen LogP contribution is -2.48. The first-order valence-electron chi connectivity index (χ1n) is 7.44. The van der Waals surface area contributed by atoms with Crippen LogP contribution in [0.25, 0.3) is 0 Å². The fourth-order valence-corrected chi connectivity index (χ4v) is 1.71. The highest BCUT2D eigenvalue weighted by Gasteiger charge is 2.43. The zero-order valence-electron chi connectivity index (χ0n) is 14.2. The molecule has 0 amide bonds. The van der Waals surface area contributed by atoms with Crippen LogP contribution in [0.3, 0.4) is 0 Å². The molecule has 0 spiro atoms. The highest BCUT2D eigenvalue weighted by Crippen LogP contribution is 2.32. The second-order valence-corrected chi connectivity index (χ2v) is 4.68. The van der Waals surface area contributed by atoms with Gasteiger partial charge in [-0.25, -0.2) is 4.79 Å². The molecule has 0 rings (SSSR count). The lowest BCUT2D eigenvalue weighted by Gasteiger charge is -2.39. The Hall–Kier alpha value is -1.03. The van der Waals surface area contributed by atoms with Crippen LogP contribution in [0, 0.1) is 5.41 Å². The summed E-state index contributed by atoms with van der Waals surface area (Å²) in [4.78, 5) is 9.25. The Morgan fingerprint density at radius 3 is 1.43 bits per heavy atom. The molecule has 4 N–H and O–H groups in total. The van der Waals surface area contributed by atoms with Gasteiger partial charge < -0.3 is 34.6 Å². The van der Waals surface area contributed by atoms with Crippen molar-refractivity contribution in [3.63, 3.8) is 0 Å². The van der Waals surface area contributed by atoms with Crippen molar-refractivity contribution in [3.05, 3.63) is 12.7 Å². The number of carbonyl (C=O) groups is 1. The Kier molecular flexibility index (Phi) is 14.1. The van der Waals surface area contributed by atoms with E-state index >= 15 is 0 Å². The number of ether oxygens (including phenoxy) is 3. The summed E-state index contributed by atoms with van der Waals surface area (Å²) in [5.74, 6) is -2.32. The summed E-state index contributed by atoms with van der Waals surface area (Å²) in [5, 5.41) is 35.7. The van der Waals surface area contributed by atoms with E-state index in [4.69, 9.17) is 19.3 Å². The molecular formula is C15H30O8. The highest BCUT2D eigenvalue weighted by molar-refractivity contribution is 5.78. The number of aliphatic hydroxyl groups is 3. The molecular weight excluding hydrogens is 308 g/mol. The molecule has 0 aliphatic carbocycles. The van der Waals surface area contributed by atoms with Crippen LogP contribution in [0.15, 0.2) is 12.7 Å². The quantitative estimate of drug-likeness (QED) is 0.297. The number of hydrogen-bond donors (Lipinski definition) is 4. The van der Waals surface area contributed by atoms with Crippen molar-refractivity contribution in [2.45, 2.75) is 33.2 Å². The molecule has 23 heavy (non-hydrogen) atoms. The fraction of sp³-hybridized carbons (Fsp3) is 0.800. The van der Waals surface area contributed by atoms with E-state index in [-0.39, 0.29) is 26.2 Å². The molecule has 8 nitrogen and oxygen atoms in total. The van der Waals surface area contributed by atoms with Crippen molar-refractivity contribution >= 4 is 5.97 Å². The second-order valence-electron chi connectivity index (χ2n) is 4.68. The smallest absolute Gasteiger partial charge is 0.327 e. The van der Waals surface area contributed by atoms with E-state index in [2.05, 4.69) is 6.58 Å². The van der Waals surface area contributed by atoms with Gasteiger partial charge in [0.2, 0.25) is 0 Å². The maximum atomic E-state index is 9.36. The van der Waals surface area contributed by atoms with Crippen molar-refractivity contribution < 1.29 is 39.4 Å². The van der Waals surface area contributed by atoms with Crippen LogP contribution in [-0.2, 0) is 19.0 Å². The number of carboxylic acid groups (broad SMARTS) is 1. The third-order valence-corrected chi connectivity index (χ3v) is 2.87. The minimum Gasteiger partial charge on any atom is -0.478 e. The van der Waals surface area contributed by atoms with E-state index < -0.39 is 17.4 Å². The van der Waals surface area contributed by atoms with Gasteiger partial charge in [0, 0.05) is 37.7 Å². The topological polar surface area (TPSA) is 126 Å². The SMILES string of the molecule is C=CC(=O)O.CCOC(CC(CO)(CO)CO)(OCC)OCC. The Labute approximate surface area is 137 Å². The van der Waals surface area contributed by atoms with Gasteiger partial charge in [0.05, 0.1) is 19.8 Å². The maximum absolute atomic E-state index is 9.36. The summed E-state index contributed by atoms with van der Waals surface area (Å²) < 4.78 is 16.5. The van der Waals surface area contributed by atoms with Gasteiger partial charge in [-0.2, -0.15) is 0 Å². The molecule has 0 atom stereocenters. The maximum Gasteiger partial charge on any atom is 0.327 e. The second kappa shape index (κ2) is 13.4. The van der Waals surface area contributed by atoms with Gasteiger partial charge in [0.15, 0.2) is 0 Å². The summed E-state index contributed by atoms with van der Waals surface area (Å²) in [7, 11) is 0. The lowest BCUT2D eigenvalue weighted by molar-refractivity contribution is -0.391. The van der Waals surface area contributed by atoms with E-state index in [1.54, 1.807) is 20.8 Å². The molecule has 0 bridgehead atoms. The third kappa shape index (κ3) is 9.65. The molecule has 0 heterocycles. The van der Waals surface area contributed by atoms with Crippen LogP contribution < -0.4 is 0 Å². The highest BCUT2D eigenvalue weighted by atomic mass is 16.9. The van der Waals surface area contributed by atoms with E-state index in [1.807, 2.05) is 0 Å². The first-order chi connectivity index (χ1) is 10.8. The number of aliphatic hydroxyl groups excluding tert-OH is 3. The molecule has 0 saturated heterocycles. The van der Waals surface area contributed by atoms with Crippen molar-refractivity contribution in [2.24, 2.45) is 5.41 Å². The summed E-state index contributed by atoms with van der Waals surface area (Å²) in [6, 6.07) is 0. The van der Waals surface area contributed by atoms with Gasteiger partial charge in [0.25, 0.3) is 5.97 Å². The minimum atomic E-state index is -1.34. The first-order valence-corrected chi connectivity index (χ1v) is 7.44. The van der Waals surface area contributed by atoms with Gasteiger partial charge >= 0.3 is 5.97 Å². The fourth-order valence-electron chi connectivity index (χ4n) is 1.71. The molecule has 0 fully saturated rings. The van der Waals surface area contributed by atoms with Gasteiger partial charge in [-0.05, 0) is 20.8 Å². The molecule has 0 radical (unpaired) electrons. The molecule has 0 unspecified atom stereocenters. The summed E-state index contributed by atoms with van der Waals surface area (Å²) >= 11 is 0. The van der Waals surface area contributed by atoms with Gasteiger partial charge in [-0.3, -0.25) is 0 Å². The summed E-state index contributed by atoms with van der Waals surface area (Å²) in [6.07, 6.45) is 0.888. The van der Waals surface area contributed by atoms with E-state index in [0.717, 1.165) is 6.08 Å². The molecule has 0 aromatic carbocycles. The van der Waals surface area contributed by atoms with Gasteiger partial charge in [-0.15, -0.1) is 0 Å². The van der Waals surface area contributed by atoms with E-state index in [9.17, 15) is 20.1 Å². The average Bonchev–Trinajstić information content (AvgIpc) is 2.54. The predicted octanol–water partition coefficient (Wildman–Crippen LogP) is 0.360. The Morgan fingerprint density at radius 1 is 0.957 bits per heavy atom. The summed E-state index contributed by atoms with van der Waals surface area (Å²) in [6.45, 7) is 8.29. The molecule has 8 heteroatoms. The standard InChI is InChI=1S/C12H26O6.C3H4O2/c1-4-16-12(17-5-2,18-6-3)7-11(8-13,9-14)10-15;1-2-3(4)5/h13-15H,4-10H2,1-3H3;2H,1H2,(H,4,5). The Morgan fingerprint density at radius 2 is 1.26 bits per heavy atom. The van der Waals surface area contributed by atoms with Crippen LogP contribution in [0.1, 0.15) is 27.2 Å². The van der Waals surface area contributed by atoms with Crippen LogP contribution in [0.4, 0.5) is 0 Å². The van der Waals surface area contributed by atoms with Gasteiger partial charge in [0.1, 0.15) is 0 Å². The number of carboxylic acids is 1.